The number of benzene rings is 3. The second kappa shape index (κ2) is 6.56. The van der Waals surface area contributed by atoms with Crippen LogP contribution in [-0.4, -0.2) is 9.55 Å². The molecule has 0 radical (unpaired) electrons. The first-order chi connectivity index (χ1) is 12.7. The van der Waals surface area contributed by atoms with Gasteiger partial charge >= 0.3 is 0 Å². The van der Waals surface area contributed by atoms with Gasteiger partial charge in [-0.05, 0) is 29.3 Å². The monoisotopic (exact) mass is 346 g/mol. The molecule has 0 aliphatic rings. The Hall–Kier alpha value is -3.27. The summed E-state index contributed by atoms with van der Waals surface area (Å²) in [7, 11) is 0. The van der Waals surface area contributed by atoms with Gasteiger partial charge in [0.25, 0.3) is 0 Å². The van der Waals surface area contributed by atoms with Gasteiger partial charge in [0.2, 0.25) is 0 Å². The van der Waals surface area contributed by atoms with Crippen LogP contribution in [0.4, 0.5) is 8.78 Å². The number of hydrogen-bond donors (Lipinski definition) is 0. The van der Waals surface area contributed by atoms with Crippen molar-refractivity contribution in [2.75, 3.05) is 0 Å². The molecule has 3 aromatic carbocycles. The van der Waals surface area contributed by atoms with Crippen LogP contribution in [0.15, 0.2) is 97.6 Å². The molecule has 0 aliphatic heterocycles. The van der Waals surface area contributed by atoms with Gasteiger partial charge in [0, 0.05) is 18.0 Å². The fourth-order valence-electron chi connectivity index (χ4n) is 3.50. The third kappa shape index (κ3) is 2.51. The Kier molecular flexibility index (Phi) is 4.09. The lowest BCUT2D eigenvalue weighted by atomic mass is 9.76. The van der Waals surface area contributed by atoms with E-state index in [-0.39, 0.29) is 11.6 Å². The number of rotatable bonds is 4. The normalized spacial score (nSPS) is 13.3. The molecule has 1 atom stereocenters. The first-order valence-electron chi connectivity index (χ1n) is 8.28. The molecule has 2 nitrogen and oxygen atoms in total. The van der Waals surface area contributed by atoms with Crippen molar-refractivity contribution in [1.82, 2.24) is 9.55 Å². The Labute approximate surface area is 150 Å². The molecule has 0 N–H and O–H groups in total. The fourth-order valence-corrected chi connectivity index (χ4v) is 3.50. The lowest BCUT2D eigenvalue weighted by Crippen LogP contribution is -2.37. The molecule has 0 bridgehead atoms. The zero-order chi connectivity index (χ0) is 18.0. The van der Waals surface area contributed by atoms with Crippen molar-refractivity contribution < 1.29 is 8.78 Å². The van der Waals surface area contributed by atoms with Gasteiger partial charge in [-0.25, -0.2) is 13.8 Å². The summed E-state index contributed by atoms with van der Waals surface area (Å²) in [5, 5.41) is 0. The molecule has 0 unspecified atom stereocenters. The molecule has 0 saturated heterocycles. The molecule has 0 saturated carbocycles. The molecule has 0 spiro atoms. The lowest BCUT2D eigenvalue weighted by Gasteiger charge is -2.37. The summed E-state index contributed by atoms with van der Waals surface area (Å²) in [5.74, 6) is -0.677. The van der Waals surface area contributed by atoms with Gasteiger partial charge in [-0.15, -0.1) is 0 Å². The van der Waals surface area contributed by atoms with Crippen LogP contribution in [0, 0.1) is 11.6 Å². The first-order valence-corrected chi connectivity index (χ1v) is 8.28. The number of halogens is 2. The lowest BCUT2D eigenvalue weighted by molar-refractivity contribution is 0.477. The van der Waals surface area contributed by atoms with Crippen LogP contribution in [0.3, 0.4) is 0 Å². The Morgan fingerprint density at radius 2 is 1.38 bits per heavy atom. The third-order valence-corrected chi connectivity index (χ3v) is 4.61. The van der Waals surface area contributed by atoms with E-state index in [2.05, 4.69) is 4.98 Å². The Morgan fingerprint density at radius 1 is 0.731 bits per heavy atom. The molecule has 0 amide bonds. The number of hydrogen-bond acceptors (Lipinski definition) is 1. The molecule has 4 aromatic rings. The van der Waals surface area contributed by atoms with E-state index in [9.17, 15) is 4.39 Å². The van der Waals surface area contributed by atoms with Crippen LogP contribution < -0.4 is 0 Å². The van der Waals surface area contributed by atoms with E-state index in [1.165, 1.54) is 18.2 Å². The molecule has 1 aromatic heterocycles. The van der Waals surface area contributed by atoms with Crippen LogP contribution in [0.2, 0.25) is 0 Å². The van der Waals surface area contributed by atoms with E-state index in [1.807, 2.05) is 34.9 Å². The van der Waals surface area contributed by atoms with E-state index in [1.54, 1.807) is 49.1 Å². The minimum atomic E-state index is -1.00. The predicted octanol–water partition coefficient (Wildman–Crippen LogP) is 5.00. The molecular formula is C22H16F2N2. The second-order valence-corrected chi connectivity index (χ2v) is 6.03. The molecule has 128 valence electrons. The van der Waals surface area contributed by atoms with Gasteiger partial charge in [-0.1, -0.05) is 60.7 Å². The van der Waals surface area contributed by atoms with Crippen molar-refractivity contribution >= 4 is 0 Å². The Balaban J connectivity index is 2.14. The van der Waals surface area contributed by atoms with Gasteiger partial charge in [0.15, 0.2) is 0 Å². The minimum Gasteiger partial charge on any atom is -0.319 e. The summed E-state index contributed by atoms with van der Waals surface area (Å²) in [6.07, 6.45) is 5.10. The van der Waals surface area contributed by atoms with Crippen LogP contribution in [0.1, 0.15) is 16.7 Å². The smallest absolute Gasteiger partial charge is 0.129 e. The molecule has 4 heteroatoms. The Bertz CT molecular complexity index is 996. The summed E-state index contributed by atoms with van der Waals surface area (Å²) < 4.78 is 30.5. The minimum absolute atomic E-state index is 0.338. The van der Waals surface area contributed by atoms with E-state index >= 15 is 4.39 Å². The summed E-state index contributed by atoms with van der Waals surface area (Å²) in [6.45, 7) is 0. The van der Waals surface area contributed by atoms with Gasteiger partial charge in [-0.2, -0.15) is 0 Å². The maximum atomic E-state index is 15.0. The summed E-state index contributed by atoms with van der Waals surface area (Å²) in [4.78, 5) is 4.18. The van der Waals surface area contributed by atoms with E-state index in [0.717, 1.165) is 11.1 Å². The van der Waals surface area contributed by atoms with Gasteiger partial charge in [0.05, 0.1) is 6.33 Å². The maximum Gasteiger partial charge on any atom is 0.129 e. The topological polar surface area (TPSA) is 17.8 Å². The maximum absolute atomic E-state index is 15.0. The van der Waals surface area contributed by atoms with Crippen molar-refractivity contribution in [3.8, 4) is 0 Å². The SMILES string of the molecule is Fc1ccc([C@@](c2ccccc2)(c2ccccc2F)n2ccnc2)cc1. The Morgan fingerprint density at radius 3 is 2.04 bits per heavy atom. The second-order valence-electron chi connectivity index (χ2n) is 6.03. The predicted molar refractivity (Wildman–Crippen MR) is 96.7 cm³/mol. The van der Waals surface area contributed by atoms with E-state index < -0.39 is 5.54 Å². The summed E-state index contributed by atoms with van der Waals surface area (Å²) in [6, 6.07) is 22.4. The fraction of sp³-hybridized carbons (Fsp3) is 0.0455. The average Bonchev–Trinajstić information content (AvgIpc) is 3.21. The zero-order valence-corrected chi connectivity index (χ0v) is 13.9. The zero-order valence-electron chi connectivity index (χ0n) is 13.9. The molecule has 1 heterocycles. The molecular weight excluding hydrogens is 330 g/mol. The molecule has 26 heavy (non-hydrogen) atoms. The quantitative estimate of drug-likeness (QED) is 0.475. The largest absolute Gasteiger partial charge is 0.319 e. The summed E-state index contributed by atoms with van der Waals surface area (Å²) >= 11 is 0. The average molecular weight is 346 g/mol. The number of imidazole rings is 1. The molecule has 4 rings (SSSR count). The van der Waals surface area contributed by atoms with Crippen LogP contribution in [-0.2, 0) is 5.54 Å². The highest BCUT2D eigenvalue weighted by atomic mass is 19.1. The number of nitrogens with zero attached hydrogens (tertiary/aromatic N) is 2. The van der Waals surface area contributed by atoms with Crippen LogP contribution >= 0.6 is 0 Å². The van der Waals surface area contributed by atoms with Crippen molar-refractivity contribution in [2.24, 2.45) is 0 Å². The molecule has 0 fully saturated rings. The van der Waals surface area contributed by atoms with Gasteiger partial charge in [-0.3, -0.25) is 0 Å². The first kappa shape index (κ1) is 16.2. The molecule has 0 aliphatic carbocycles. The highest BCUT2D eigenvalue weighted by Crippen LogP contribution is 2.41. The van der Waals surface area contributed by atoms with Crippen molar-refractivity contribution in [1.29, 1.82) is 0 Å². The number of aromatic nitrogens is 2. The van der Waals surface area contributed by atoms with E-state index in [4.69, 9.17) is 0 Å². The van der Waals surface area contributed by atoms with E-state index in [0.29, 0.717) is 5.56 Å². The third-order valence-electron chi connectivity index (χ3n) is 4.61. The van der Waals surface area contributed by atoms with Crippen molar-refractivity contribution in [3.63, 3.8) is 0 Å². The van der Waals surface area contributed by atoms with Gasteiger partial charge in [0.1, 0.15) is 17.2 Å². The van der Waals surface area contributed by atoms with Crippen LogP contribution in [0.25, 0.3) is 0 Å². The standard InChI is InChI=1S/C22H16F2N2/c23-19-12-10-18(11-13-19)22(26-15-14-25-16-26,17-6-2-1-3-7-17)20-8-4-5-9-21(20)24/h1-16H/t22-/m0/s1. The van der Waals surface area contributed by atoms with Gasteiger partial charge < -0.3 is 4.57 Å². The van der Waals surface area contributed by atoms with Crippen molar-refractivity contribution in [2.45, 2.75) is 5.54 Å². The van der Waals surface area contributed by atoms with Crippen LogP contribution in [0.5, 0.6) is 0 Å². The summed E-state index contributed by atoms with van der Waals surface area (Å²) in [5.41, 5.74) is 1.07. The van der Waals surface area contributed by atoms with Crippen molar-refractivity contribution in [3.05, 3.63) is 126 Å². The highest BCUT2D eigenvalue weighted by Gasteiger charge is 2.40. The highest BCUT2D eigenvalue weighted by molar-refractivity contribution is 5.51.